The number of hydrogen-bond donors (Lipinski definition) is 2. The van der Waals surface area contributed by atoms with Gasteiger partial charge in [0.1, 0.15) is 17.7 Å². The highest BCUT2D eigenvalue weighted by molar-refractivity contribution is 5.76. The Morgan fingerprint density at radius 1 is 1.56 bits per heavy atom. The van der Waals surface area contributed by atoms with E-state index in [0.717, 1.165) is 12.0 Å². The molecule has 0 saturated carbocycles. The van der Waals surface area contributed by atoms with E-state index in [1.54, 1.807) is 6.07 Å². The summed E-state index contributed by atoms with van der Waals surface area (Å²) >= 11 is 0. The van der Waals surface area contributed by atoms with E-state index in [9.17, 15) is 4.79 Å². The second-order valence-electron chi connectivity index (χ2n) is 3.00. The van der Waals surface area contributed by atoms with Gasteiger partial charge in [-0.25, -0.2) is 5.43 Å². The Labute approximate surface area is 90.2 Å². The van der Waals surface area contributed by atoms with Crippen molar-refractivity contribution in [1.82, 2.24) is 15.2 Å². The molecule has 2 aromatic rings. The van der Waals surface area contributed by atoms with Gasteiger partial charge in [-0.1, -0.05) is 0 Å². The minimum Gasteiger partial charge on any atom is -0.460 e. The molecule has 0 amide bonds. The molecule has 2 rings (SSSR count). The molecule has 0 spiro atoms. The second-order valence-corrected chi connectivity index (χ2v) is 3.00. The maximum atomic E-state index is 10.9. The van der Waals surface area contributed by atoms with Crippen LogP contribution in [-0.4, -0.2) is 21.4 Å². The van der Waals surface area contributed by atoms with Gasteiger partial charge in [0.25, 0.3) is 5.56 Å². The third kappa shape index (κ3) is 2.53. The van der Waals surface area contributed by atoms with Gasteiger partial charge in [0.15, 0.2) is 0 Å². The van der Waals surface area contributed by atoms with Crippen LogP contribution in [-0.2, 0) is 0 Å². The molecule has 0 fully saturated rings. The molecular weight excluding hydrogens is 210 g/mol. The van der Waals surface area contributed by atoms with E-state index in [0.29, 0.717) is 5.76 Å². The van der Waals surface area contributed by atoms with Crippen molar-refractivity contribution >= 4 is 12.2 Å². The first kappa shape index (κ1) is 10.1. The average molecular weight is 219 g/mol. The molecular formula is C9H9N5O2. The van der Waals surface area contributed by atoms with E-state index < -0.39 is 0 Å². The minimum absolute atomic E-state index is 0.173. The number of aromatic amines is 1. The molecule has 7 heteroatoms. The van der Waals surface area contributed by atoms with Gasteiger partial charge in [-0.05, 0) is 19.1 Å². The Kier molecular flexibility index (Phi) is 2.77. The van der Waals surface area contributed by atoms with Crippen LogP contribution in [0.2, 0.25) is 0 Å². The van der Waals surface area contributed by atoms with Crippen molar-refractivity contribution in [2.45, 2.75) is 6.92 Å². The largest absolute Gasteiger partial charge is 0.460 e. The Balaban J connectivity index is 2.02. The molecule has 2 N–H and O–H groups in total. The molecule has 0 unspecified atom stereocenters. The lowest BCUT2D eigenvalue weighted by molar-refractivity contribution is 0.528. The van der Waals surface area contributed by atoms with Crippen molar-refractivity contribution in [2.24, 2.45) is 5.10 Å². The third-order valence-corrected chi connectivity index (χ3v) is 1.70. The number of anilines is 1. The van der Waals surface area contributed by atoms with Gasteiger partial charge in [-0.3, -0.25) is 9.78 Å². The molecule has 16 heavy (non-hydrogen) atoms. The van der Waals surface area contributed by atoms with E-state index in [2.05, 4.69) is 25.7 Å². The van der Waals surface area contributed by atoms with Crippen molar-refractivity contribution in [3.05, 3.63) is 40.2 Å². The number of hydrogen-bond acceptors (Lipinski definition) is 6. The summed E-state index contributed by atoms with van der Waals surface area (Å²) in [6.45, 7) is 1.84. The Morgan fingerprint density at radius 3 is 3.12 bits per heavy atom. The summed E-state index contributed by atoms with van der Waals surface area (Å²) < 4.78 is 5.25. The first-order valence-electron chi connectivity index (χ1n) is 4.51. The number of aromatic nitrogens is 3. The van der Waals surface area contributed by atoms with E-state index >= 15 is 0 Å². The number of furan rings is 1. The summed E-state index contributed by atoms with van der Waals surface area (Å²) in [5.41, 5.74) is 2.18. The van der Waals surface area contributed by atoms with Gasteiger partial charge in [-0.15, -0.1) is 10.2 Å². The summed E-state index contributed by atoms with van der Waals surface area (Å²) in [7, 11) is 0. The SMILES string of the molecule is Cc1ccc(/C=N/Nc2nncc(=O)[nH]2)o1. The molecule has 0 aliphatic heterocycles. The molecule has 0 atom stereocenters. The van der Waals surface area contributed by atoms with E-state index in [-0.39, 0.29) is 11.5 Å². The first-order valence-corrected chi connectivity index (χ1v) is 4.51. The Morgan fingerprint density at radius 2 is 2.44 bits per heavy atom. The minimum atomic E-state index is -0.346. The molecule has 0 radical (unpaired) electrons. The highest BCUT2D eigenvalue weighted by Gasteiger charge is 1.94. The van der Waals surface area contributed by atoms with Crippen LogP contribution in [0.25, 0.3) is 0 Å². The predicted octanol–water partition coefficient (Wildman–Crippen LogP) is 0.512. The van der Waals surface area contributed by atoms with Crippen molar-refractivity contribution in [3.63, 3.8) is 0 Å². The maximum absolute atomic E-state index is 10.9. The number of aryl methyl sites for hydroxylation is 1. The van der Waals surface area contributed by atoms with Crippen LogP contribution in [0.1, 0.15) is 11.5 Å². The quantitative estimate of drug-likeness (QED) is 0.579. The van der Waals surface area contributed by atoms with Crippen molar-refractivity contribution < 1.29 is 4.42 Å². The van der Waals surface area contributed by atoms with E-state index in [1.807, 2.05) is 13.0 Å². The molecule has 0 aliphatic rings. The van der Waals surface area contributed by atoms with Crippen LogP contribution in [0.4, 0.5) is 5.95 Å². The molecule has 0 aliphatic carbocycles. The number of nitrogens with zero attached hydrogens (tertiary/aromatic N) is 3. The molecule has 0 aromatic carbocycles. The van der Waals surface area contributed by atoms with Crippen LogP contribution in [0.5, 0.6) is 0 Å². The zero-order valence-corrected chi connectivity index (χ0v) is 8.47. The lowest BCUT2D eigenvalue weighted by Crippen LogP contribution is -2.10. The number of rotatable bonds is 3. The number of H-pyrrole nitrogens is 1. The van der Waals surface area contributed by atoms with Gasteiger partial charge in [0.2, 0.25) is 5.95 Å². The zero-order chi connectivity index (χ0) is 11.4. The Bertz CT molecular complexity index is 557. The smallest absolute Gasteiger partial charge is 0.271 e. The fourth-order valence-electron chi connectivity index (χ4n) is 1.04. The molecule has 2 aromatic heterocycles. The van der Waals surface area contributed by atoms with Crippen LogP contribution in [0.3, 0.4) is 0 Å². The van der Waals surface area contributed by atoms with Crippen LogP contribution < -0.4 is 11.0 Å². The summed E-state index contributed by atoms with van der Waals surface area (Å²) in [6.07, 6.45) is 2.55. The van der Waals surface area contributed by atoms with Gasteiger partial charge in [-0.2, -0.15) is 5.10 Å². The highest BCUT2D eigenvalue weighted by atomic mass is 16.3. The fraction of sp³-hybridized carbons (Fsp3) is 0.111. The highest BCUT2D eigenvalue weighted by Crippen LogP contribution is 2.03. The molecule has 0 saturated heterocycles. The van der Waals surface area contributed by atoms with Crippen LogP contribution in [0, 0.1) is 6.92 Å². The van der Waals surface area contributed by atoms with E-state index in [1.165, 1.54) is 6.21 Å². The van der Waals surface area contributed by atoms with Crippen molar-refractivity contribution in [2.75, 3.05) is 5.43 Å². The van der Waals surface area contributed by atoms with Crippen LogP contribution >= 0.6 is 0 Å². The van der Waals surface area contributed by atoms with Crippen molar-refractivity contribution in [1.29, 1.82) is 0 Å². The predicted molar refractivity (Wildman–Crippen MR) is 57.3 cm³/mol. The Hall–Kier alpha value is -2.44. The fourth-order valence-corrected chi connectivity index (χ4v) is 1.04. The number of hydrazone groups is 1. The molecule has 7 nitrogen and oxygen atoms in total. The van der Waals surface area contributed by atoms with Gasteiger partial charge >= 0.3 is 0 Å². The molecule has 82 valence electrons. The van der Waals surface area contributed by atoms with Crippen LogP contribution in [0.15, 0.2) is 32.6 Å². The van der Waals surface area contributed by atoms with E-state index in [4.69, 9.17) is 4.42 Å². The first-order chi connectivity index (χ1) is 7.74. The normalized spacial score (nSPS) is 10.8. The number of nitrogens with one attached hydrogen (secondary N) is 2. The molecule has 2 heterocycles. The summed E-state index contributed by atoms with van der Waals surface area (Å²) in [5.74, 6) is 1.58. The zero-order valence-electron chi connectivity index (χ0n) is 8.47. The second kappa shape index (κ2) is 4.39. The summed E-state index contributed by atoms with van der Waals surface area (Å²) in [4.78, 5) is 13.3. The van der Waals surface area contributed by atoms with Gasteiger partial charge in [0.05, 0.1) is 6.21 Å². The molecule has 0 bridgehead atoms. The standard InChI is InChI=1S/C9H9N5O2/c1-6-2-3-7(16-6)4-10-13-9-12-8(15)5-11-14-9/h2-5H,1H3,(H2,12,13,14,15)/b10-4+. The maximum Gasteiger partial charge on any atom is 0.271 e. The van der Waals surface area contributed by atoms with Gasteiger partial charge in [0, 0.05) is 0 Å². The topological polar surface area (TPSA) is 96.2 Å². The lowest BCUT2D eigenvalue weighted by atomic mass is 10.4. The van der Waals surface area contributed by atoms with Gasteiger partial charge < -0.3 is 4.42 Å². The third-order valence-electron chi connectivity index (χ3n) is 1.70. The lowest BCUT2D eigenvalue weighted by Gasteiger charge is -1.94. The summed E-state index contributed by atoms with van der Waals surface area (Å²) in [6, 6.07) is 3.60. The monoisotopic (exact) mass is 219 g/mol. The average Bonchev–Trinajstić information content (AvgIpc) is 2.64. The van der Waals surface area contributed by atoms with Crippen molar-refractivity contribution in [3.8, 4) is 0 Å². The summed E-state index contributed by atoms with van der Waals surface area (Å²) in [5, 5.41) is 10.9.